The summed E-state index contributed by atoms with van der Waals surface area (Å²) >= 11 is 0. The highest BCUT2D eigenvalue weighted by Gasteiger charge is 2.26. The molecule has 6 heteroatoms. The van der Waals surface area contributed by atoms with E-state index in [4.69, 9.17) is 9.47 Å². The Balaban J connectivity index is 1.50. The van der Waals surface area contributed by atoms with Gasteiger partial charge in [-0.05, 0) is 24.1 Å². The molecule has 21 heavy (non-hydrogen) atoms. The molecule has 0 aliphatic carbocycles. The Hall–Kier alpha value is -2.63. The standard InChI is InChI=1S/C15H15N3O3/c19-15(18-6-5-11-7-16-10-17-8-11)14-9-20-12-3-1-2-4-13(12)21-14/h1-4,7-8,10,14H,5-6,9H2,(H,18,19)/t14-/m0/s1. The number of aromatic nitrogens is 2. The monoisotopic (exact) mass is 285 g/mol. The van der Waals surface area contributed by atoms with Gasteiger partial charge in [-0.25, -0.2) is 9.97 Å². The molecule has 1 amide bonds. The summed E-state index contributed by atoms with van der Waals surface area (Å²) in [5.41, 5.74) is 0.976. The lowest BCUT2D eigenvalue weighted by Gasteiger charge is -2.25. The first kappa shape index (κ1) is 13.4. The van der Waals surface area contributed by atoms with E-state index in [0.717, 1.165) is 5.56 Å². The minimum atomic E-state index is -0.619. The van der Waals surface area contributed by atoms with Gasteiger partial charge in [-0.1, -0.05) is 12.1 Å². The molecular formula is C15H15N3O3. The maximum absolute atomic E-state index is 12.1. The van der Waals surface area contributed by atoms with Crippen LogP contribution in [0.2, 0.25) is 0 Å². The van der Waals surface area contributed by atoms with Crippen LogP contribution in [-0.2, 0) is 11.2 Å². The molecule has 0 fully saturated rings. The van der Waals surface area contributed by atoms with Gasteiger partial charge in [0.15, 0.2) is 11.5 Å². The van der Waals surface area contributed by atoms with Crippen molar-refractivity contribution in [3.8, 4) is 11.5 Å². The summed E-state index contributed by atoms with van der Waals surface area (Å²) in [4.78, 5) is 19.9. The van der Waals surface area contributed by atoms with Gasteiger partial charge in [0, 0.05) is 18.9 Å². The molecule has 1 aliphatic rings. The van der Waals surface area contributed by atoms with Crippen molar-refractivity contribution in [2.45, 2.75) is 12.5 Å². The molecule has 3 rings (SSSR count). The highest BCUT2D eigenvalue weighted by Crippen LogP contribution is 2.30. The fraction of sp³-hybridized carbons (Fsp3) is 0.267. The van der Waals surface area contributed by atoms with Gasteiger partial charge in [0.2, 0.25) is 6.10 Å². The van der Waals surface area contributed by atoms with Crippen LogP contribution in [0.4, 0.5) is 0 Å². The highest BCUT2D eigenvalue weighted by molar-refractivity contribution is 5.81. The molecule has 108 valence electrons. The van der Waals surface area contributed by atoms with Gasteiger partial charge >= 0.3 is 0 Å². The maximum atomic E-state index is 12.1. The largest absolute Gasteiger partial charge is 0.485 e. The first-order valence-corrected chi connectivity index (χ1v) is 6.73. The number of fused-ring (bicyclic) bond motifs is 1. The van der Waals surface area contributed by atoms with Crippen LogP contribution in [0.5, 0.6) is 11.5 Å². The molecule has 0 bridgehead atoms. The quantitative estimate of drug-likeness (QED) is 0.906. The SMILES string of the molecule is O=C(NCCc1cncnc1)[C@@H]1COc2ccccc2O1. The van der Waals surface area contributed by atoms with Crippen LogP contribution in [-0.4, -0.2) is 35.1 Å². The van der Waals surface area contributed by atoms with Crippen molar-refractivity contribution >= 4 is 5.91 Å². The Kier molecular flexibility index (Phi) is 3.95. The number of hydrogen-bond donors (Lipinski definition) is 1. The van der Waals surface area contributed by atoms with Gasteiger partial charge in [0.1, 0.15) is 12.9 Å². The van der Waals surface area contributed by atoms with Crippen LogP contribution < -0.4 is 14.8 Å². The number of ether oxygens (including phenoxy) is 2. The number of hydrogen-bond acceptors (Lipinski definition) is 5. The van der Waals surface area contributed by atoms with Crippen LogP contribution >= 0.6 is 0 Å². The number of nitrogens with one attached hydrogen (secondary N) is 1. The molecule has 2 heterocycles. The summed E-state index contributed by atoms with van der Waals surface area (Å²) in [7, 11) is 0. The number of nitrogens with zero attached hydrogens (tertiary/aromatic N) is 2. The van der Waals surface area contributed by atoms with Crippen molar-refractivity contribution in [1.82, 2.24) is 15.3 Å². The Bertz CT molecular complexity index is 619. The highest BCUT2D eigenvalue weighted by atomic mass is 16.6. The summed E-state index contributed by atoms with van der Waals surface area (Å²) in [5.74, 6) is 1.09. The normalized spacial score (nSPS) is 16.3. The van der Waals surface area contributed by atoms with Crippen LogP contribution in [0.1, 0.15) is 5.56 Å². The fourth-order valence-electron chi connectivity index (χ4n) is 2.05. The minimum Gasteiger partial charge on any atom is -0.485 e. The van der Waals surface area contributed by atoms with E-state index in [2.05, 4.69) is 15.3 Å². The smallest absolute Gasteiger partial charge is 0.264 e. The number of carbonyl (C=O) groups is 1. The molecule has 1 N–H and O–H groups in total. The summed E-state index contributed by atoms with van der Waals surface area (Å²) in [6, 6.07) is 7.32. The molecule has 1 aromatic heterocycles. The van der Waals surface area contributed by atoms with Gasteiger partial charge in [-0.3, -0.25) is 4.79 Å². The average molecular weight is 285 g/mol. The van der Waals surface area contributed by atoms with Gasteiger partial charge in [-0.15, -0.1) is 0 Å². The predicted molar refractivity (Wildman–Crippen MR) is 75.1 cm³/mol. The zero-order valence-corrected chi connectivity index (χ0v) is 11.4. The van der Waals surface area contributed by atoms with Crippen LogP contribution in [0, 0.1) is 0 Å². The summed E-state index contributed by atoms with van der Waals surface area (Å²) in [5, 5.41) is 2.83. The second-order valence-corrected chi connectivity index (χ2v) is 4.65. The second kappa shape index (κ2) is 6.21. The number of rotatable bonds is 4. The fourth-order valence-corrected chi connectivity index (χ4v) is 2.05. The van der Waals surface area contributed by atoms with Gasteiger partial charge in [0.05, 0.1) is 0 Å². The molecule has 0 saturated heterocycles. The molecule has 1 atom stereocenters. The predicted octanol–water partition coefficient (Wildman–Crippen LogP) is 0.975. The van der Waals surface area contributed by atoms with Gasteiger partial charge < -0.3 is 14.8 Å². The molecule has 0 saturated carbocycles. The third kappa shape index (κ3) is 3.28. The van der Waals surface area contributed by atoms with E-state index in [1.165, 1.54) is 6.33 Å². The topological polar surface area (TPSA) is 73.3 Å². The van der Waals surface area contributed by atoms with E-state index in [-0.39, 0.29) is 12.5 Å². The molecule has 0 spiro atoms. The molecule has 1 aromatic carbocycles. The van der Waals surface area contributed by atoms with Crippen molar-refractivity contribution in [2.75, 3.05) is 13.2 Å². The van der Waals surface area contributed by atoms with Crippen molar-refractivity contribution in [1.29, 1.82) is 0 Å². The van der Waals surface area contributed by atoms with Crippen molar-refractivity contribution in [2.24, 2.45) is 0 Å². The van der Waals surface area contributed by atoms with Gasteiger partial charge in [0.25, 0.3) is 5.91 Å². The van der Waals surface area contributed by atoms with E-state index in [0.29, 0.717) is 24.5 Å². The number of carbonyl (C=O) groups excluding carboxylic acids is 1. The molecular weight excluding hydrogens is 270 g/mol. The zero-order valence-electron chi connectivity index (χ0n) is 11.4. The summed E-state index contributed by atoms with van der Waals surface area (Å²) < 4.78 is 11.2. The first-order chi connectivity index (χ1) is 10.3. The van der Waals surface area contributed by atoms with E-state index in [9.17, 15) is 4.79 Å². The van der Waals surface area contributed by atoms with Crippen molar-refractivity contribution in [3.63, 3.8) is 0 Å². The van der Waals surface area contributed by atoms with Crippen LogP contribution in [0.15, 0.2) is 43.0 Å². The molecule has 0 radical (unpaired) electrons. The Morgan fingerprint density at radius 1 is 1.24 bits per heavy atom. The lowest BCUT2D eigenvalue weighted by Crippen LogP contribution is -2.44. The Morgan fingerprint density at radius 2 is 2.00 bits per heavy atom. The number of para-hydroxylation sites is 2. The number of benzene rings is 1. The second-order valence-electron chi connectivity index (χ2n) is 4.65. The minimum absolute atomic E-state index is 0.179. The third-order valence-electron chi connectivity index (χ3n) is 3.13. The van der Waals surface area contributed by atoms with Crippen LogP contribution in [0.25, 0.3) is 0 Å². The van der Waals surface area contributed by atoms with Crippen molar-refractivity contribution in [3.05, 3.63) is 48.5 Å². The summed E-state index contributed by atoms with van der Waals surface area (Å²) in [6.45, 7) is 0.727. The Morgan fingerprint density at radius 3 is 2.81 bits per heavy atom. The maximum Gasteiger partial charge on any atom is 0.264 e. The first-order valence-electron chi connectivity index (χ1n) is 6.73. The molecule has 2 aromatic rings. The summed E-state index contributed by atoms with van der Waals surface area (Å²) in [6.07, 6.45) is 5.00. The molecule has 1 aliphatic heterocycles. The van der Waals surface area contributed by atoms with Crippen molar-refractivity contribution < 1.29 is 14.3 Å². The van der Waals surface area contributed by atoms with E-state index < -0.39 is 6.10 Å². The number of amides is 1. The average Bonchev–Trinajstić information content (AvgIpc) is 2.55. The van der Waals surface area contributed by atoms with E-state index in [1.54, 1.807) is 18.5 Å². The van der Waals surface area contributed by atoms with Crippen LogP contribution in [0.3, 0.4) is 0 Å². The lowest BCUT2D eigenvalue weighted by atomic mass is 10.2. The van der Waals surface area contributed by atoms with E-state index >= 15 is 0 Å². The Labute approximate surface area is 122 Å². The van der Waals surface area contributed by atoms with E-state index in [1.807, 2.05) is 18.2 Å². The lowest BCUT2D eigenvalue weighted by molar-refractivity contribution is -0.130. The van der Waals surface area contributed by atoms with Gasteiger partial charge in [-0.2, -0.15) is 0 Å². The molecule has 6 nitrogen and oxygen atoms in total. The molecule has 0 unspecified atom stereocenters. The zero-order chi connectivity index (χ0) is 14.5. The third-order valence-corrected chi connectivity index (χ3v) is 3.13.